The second-order valence-electron chi connectivity index (χ2n) is 9.29. The van der Waals surface area contributed by atoms with E-state index in [1.807, 2.05) is 0 Å². The first-order valence-corrected chi connectivity index (χ1v) is 10.8. The Balaban J connectivity index is 1.30. The Morgan fingerprint density at radius 3 is 1.91 bits per heavy atom. The van der Waals surface area contributed by atoms with Crippen molar-refractivity contribution in [3.05, 3.63) is 0 Å². The third-order valence-electron chi connectivity index (χ3n) is 7.44. The zero-order chi connectivity index (χ0) is 16.1. The normalized spacial score (nSPS) is 37.2. The average molecular weight is 321 g/mol. The van der Waals surface area contributed by atoms with Crippen LogP contribution in [-0.2, 0) is 4.74 Å². The summed E-state index contributed by atoms with van der Waals surface area (Å²) >= 11 is 0. The lowest BCUT2D eigenvalue weighted by Crippen LogP contribution is -2.29. The third-order valence-corrected chi connectivity index (χ3v) is 7.44. The van der Waals surface area contributed by atoms with Crippen LogP contribution in [0.1, 0.15) is 97.3 Å². The summed E-state index contributed by atoms with van der Waals surface area (Å²) in [7, 11) is 0. The van der Waals surface area contributed by atoms with Crippen LogP contribution in [0.15, 0.2) is 0 Å². The highest BCUT2D eigenvalue weighted by molar-refractivity contribution is 4.80. The van der Waals surface area contributed by atoms with Crippen molar-refractivity contribution in [1.29, 1.82) is 0 Å². The number of hydrogen-bond donors (Lipinski definition) is 0. The number of ether oxygens (including phenoxy) is 1. The summed E-state index contributed by atoms with van der Waals surface area (Å²) in [5.41, 5.74) is 0. The minimum atomic E-state index is 0.584. The Morgan fingerprint density at radius 1 is 0.696 bits per heavy atom. The Bertz CT molecular complexity index is 315. The van der Waals surface area contributed by atoms with Gasteiger partial charge in [-0.15, -0.1) is 0 Å². The first-order chi connectivity index (χ1) is 11.2. The minimum Gasteiger partial charge on any atom is -0.378 e. The molecule has 0 aromatic carbocycles. The Hall–Kier alpha value is -0.0400. The SMILES string of the molecule is CC(C)C1CCC(OCC2CCC(C3CCCCC3)CC2)CC1. The maximum Gasteiger partial charge on any atom is 0.0575 e. The second-order valence-corrected chi connectivity index (χ2v) is 9.29. The lowest BCUT2D eigenvalue weighted by Gasteiger charge is -2.37. The van der Waals surface area contributed by atoms with E-state index in [1.54, 1.807) is 0 Å². The van der Waals surface area contributed by atoms with Crippen LogP contribution in [0, 0.1) is 29.6 Å². The standard InChI is InChI=1S/C22H40O/c1-17(2)19-12-14-22(15-13-19)23-16-18-8-10-21(11-9-18)20-6-4-3-5-7-20/h17-22H,3-16H2,1-2H3. The Labute approximate surface area is 144 Å². The number of rotatable bonds is 5. The molecular weight excluding hydrogens is 280 g/mol. The van der Waals surface area contributed by atoms with E-state index < -0.39 is 0 Å². The van der Waals surface area contributed by atoms with E-state index in [1.165, 1.54) is 83.5 Å². The van der Waals surface area contributed by atoms with Crippen molar-refractivity contribution in [3.8, 4) is 0 Å². The van der Waals surface area contributed by atoms with Gasteiger partial charge in [-0.3, -0.25) is 0 Å². The van der Waals surface area contributed by atoms with Crippen molar-refractivity contribution in [3.63, 3.8) is 0 Å². The third kappa shape index (κ3) is 5.21. The lowest BCUT2D eigenvalue weighted by molar-refractivity contribution is -0.0153. The molecular formula is C22H40O. The molecule has 1 nitrogen and oxygen atoms in total. The van der Waals surface area contributed by atoms with Gasteiger partial charge in [0.15, 0.2) is 0 Å². The predicted octanol–water partition coefficient (Wildman–Crippen LogP) is 6.60. The molecule has 0 saturated heterocycles. The zero-order valence-corrected chi connectivity index (χ0v) is 15.8. The van der Waals surface area contributed by atoms with Crippen molar-refractivity contribution in [1.82, 2.24) is 0 Å². The average Bonchev–Trinajstić information content (AvgIpc) is 2.61. The molecule has 0 N–H and O–H groups in total. The van der Waals surface area contributed by atoms with Crippen LogP contribution in [0.4, 0.5) is 0 Å². The number of hydrogen-bond acceptors (Lipinski definition) is 1. The van der Waals surface area contributed by atoms with Crippen LogP contribution in [-0.4, -0.2) is 12.7 Å². The van der Waals surface area contributed by atoms with Crippen molar-refractivity contribution in [2.75, 3.05) is 6.61 Å². The highest BCUT2D eigenvalue weighted by atomic mass is 16.5. The molecule has 3 aliphatic carbocycles. The molecule has 0 aromatic rings. The van der Waals surface area contributed by atoms with Crippen LogP contribution in [0.5, 0.6) is 0 Å². The largest absolute Gasteiger partial charge is 0.378 e. The van der Waals surface area contributed by atoms with Crippen molar-refractivity contribution < 1.29 is 4.74 Å². The monoisotopic (exact) mass is 320 g/mol. The van der Waals surface area contributed by atoms with Crippen molar-refractivity contribution in [2.24, 2.45) is 29.6 Å². The smallest absolute Gasteiger partial charge is 0.0575 e. The van der Waals surface area contributed by atoms with Gasteiger partial charge >= 0.3 is 0 Å². The first-order valence-electron chi connectivity index (χ1n) is 10.8. The highest BCUT2D eigenvalue weighted by Gasteiger charge is 2.29. The fourth-order valence-electron chi connectivity index (χ4n) is 5.63. The van der Waals surface area contributed by atoms with Gasteiger partial charge in [-0.2, -0.15) is 0 Å². The van der Waals surface area contributed by atoms with Gasteiger partial charge in [0, 0.05) is 6.61 Å². The fraction of sp³-hybridized carbons (Fsp3) is 1.00. The summed E-state index contributed by atoms with van der Waals surface area (Å²) in [6, 6.07) is 0. The summed E-state index contributed by atoms with van der Waals surface area (Å²) in [6.45, 7) is 5.83. The molecule has 0 atom stereocenters. The molecule has 3 saturated carbocycles. The fourth-order valence-corrected chi connectivity index (χ4v) is 5.63. The molecule has 0 unspecified atom stereocenters. The molecule has 3 aliphatic rings. The van der Waals surface area contributed by atoms with Crippen LogP contribution in [0.25, 0.3) is 0 Å². The maximum atomic E-state index is 6.33. The molecule has 3 fully saturated rings. The van der Waals surface area contributed by atoms with E-state index >= 15 is 0 Å². The van der Waals surface area contributed by atoms with Gasteiger partial charge in [0.2, 0.25) is 0 Å². The minimum absolute atomic E-state index is 0.584. The molecule has 3 rings (SSSR count). The van der Waals surface area contributed by atoms with E-state index in [9.17, 15) is 0 Å². The summed E-state index contributed by atoms with van der Waals surface area (Å²) in [6.07, 6.45) is 19.5. The van der Waals surface area contributed by atoms with Gasteiger partial charge < -0.3 is 4.74 Å². The van der Waals surface area contributed by atoms with Crippen LogP contribution >= 0.6 is 0 Å². The molecule has 0 heterocycles. The highest BCUT2D eigenvalue weighted by Crippen LogP contribution is 2.40. The molecule has 0 amide bonds. The van der Waals surface area contributed by atoms with E-state index in [-0.39, 0.29) is 0 Å². The van der Waals surface area contributed by atoms with Gasteiger partial charge in [-0.1, -0.05) is 46.0 Å². The maximum absolute atomic E-state index is 6.33. The summed E-state index contributed by atoms with van der Waals surface area (Å²) in [5, 5.41) is 0. The Kier molecular flexibility index (Phi) is 6.86. The second kappa shape index (κ2) is 8.88. The van der Waals surface area contributed by atoms with Crippen LogP contribution in [0.3, 0.4) is 0 Å². The van der Waals surface area contributed by atoms with Gasteiger partial charge in [0.1, 0.15) is 0 Å². The summed E-state index contributed by atoms with van der Waals surface area (Å²) < 4.78 is 6.33. The lowest BCUT2D eigenvalue weighted by atomic mass is 9.71. The van der Waals surface area contributed by atoms with Gasteiger partial charge in [-0.25, -0.2) is 0 Å². The molecule has 1 heteroatoms. The Morgan fingerprint density at radius 2 is 1.30 bits per heavy atom. The molecule has 0 bridgehead atoms. The summed E-state index contributed by atoms with van der Waals surface area (Å²) in [5.74, 6) is 4.84. The molecule has 0 aromatic heterocycles. The summed E-state index contributed by atoms with van der Waals surface area (Å²) in [4.78, 5) is 0. The molecule has 0 aliphatic heterocycles. The van der Waals surface area contributed by atoms with Gasteiger partial charge in [-0.05, 0) is 81.0 Å². The molecule has 134 valence electrons. The quantitative estimate of drug-likeness (QED) is 0.554. The topological polar surface area (TPSA) is 9.23 Å². The van der Waals surface area contributed by atoms with Gasteiger partial charge in [0.05, 0.1) is 6.10 Å². The first kappa shape index (κ1) is 17.8. The van der Waals surface area contributed by atoms with Crippen molar-refractivity contribution >= 4 is 0 Å². The van der Waals surface area contributed by atoms with E-state index in [0.717, 1.165) is 36.2 Å². The van der Waals surface area contributed by atoms with Crippen LogP contribution in [0.2, 0.25) is 0 Å². The molecule has 23 heavy (non-hydrogen) atoms. The van der Waals surface area contributed by atoms with E-state index in [2.05, 4.69) is 13.8 Å². The van der Waals surface area contributed by atoms with Gasteiger partial charge in [0.25, 0.3) is 0 Å². The zero-order valence-electron chi connectivity index (χ0n) is 15.8. The predicted molar refractivity (Wildman–Crippen MR) is 98.6 cm³/mol. The van der Waals surface area contributed by atoms with E-state index in [4.69, 9.17) is 4.74 Å². The van der Waals surface area contributed by atoms with E-state index in [0.29, 0.717) is 6.10 Å². The van der Waals surface area contributed by atoms with Crippen LogP contribution < -0.4 is 0 Å². The molecule has 0 radical (unpaired) electrons. The molecule has 0 spiro atoms. The van der Waals surface area contributed by atoms with Crippen molar-refractivity contribution in [2.45, 2.75) is 103 Å².